The van der Waals surface area contributed by atoms with Crippen LogP contribution >= 0.6 is 0 Å². The van der Waals surface area contributed by atoms with E-state index in [9.17, 15) is 5.11 Å². The van der Waals surface area contributed by atoms with E-state index in [0.717, 1.165) is 25.2 Å². The quantitative estimate of drug-likeness (QED) is 0.754. The second-order valence-electron chi connectivity index (χ2n) is 3.60. The fourth-order valence-electron chi connectivity index (χ4n) is 1.64. The van der Waals surface area contributed by atoms with Crippen molar-refractivity contribution in [1.29, 1.82) is 0 Å². The van der Waals surface area contributed by atoms with Crippen molar-refractivity contribution in [2.45, 2.75) is 20.4 Å². The second kappa shape index (κ2) is 5.61. The lowest BCUT2D eigenvalue weighted by molar-refractivity contribution is -0.910. The first-order chi connectivity index (χ1) is 7.22. The molecule has 0 radical (unpaired) electrons. The minimum atomic E-state index is 0.277. The zero-order valence-corrected chi connectivity index (χ0v) is 9.71. The number of ether oxygens (including phenoxy) is 1. The van der Waals surface area contributed by atoms with Crippen molar-refractivity contribution < 1.29 is 14.7 Å². The fraction of sp³-hybridized carbons (Fsp3) is 0.500. The van der Waals surface area contributed by atoms with Gasteiger partial charge in [-0.1, -0.05) is 6.07 Å². The number of para-hydroxylation sites is 1. The first-order valence-corrected chi connectivity index (χ1v) is 5.41. The summed E-state index contributed by atoms with van der Waals surface area (Å²) in [6.45, 7) is 7.27. The summed E-state index contributed by atoms with van der Waals surface area (Å²) in [5.41, 5.74) is 0.952. The number of rotatable bonds is 5. The van der Waals surface area contributed by atoms with E-state index in [1.165, 1.54) is 4.90 Å². The van der Waals surface area contributed by atoms with Crippen molar-refractivity contribution in [3.8, 4) is 11.5 Å². The fourth-order valence-corrected chi connectivity index (χ4v) is 1.64. The lowest BCUT2D eigenvalue weighted by Crippen LogP contribution is -3.10. The average Bonchev–Trinajstić information content (AvgIpc) is 2.28. The summed E-state index contributed by atoms with van der Waals surface area (Å²) in [4.78, 5) is 1.44. The zero-order chi connectivity index (χ0) is 11.3. The van der Waals surface area contributed by atoms with Crippen LogP contribution in [0, 0.1) is 0 Å². The van der Waals surface area contributed by atoms with Gasteiger partial charge in [0.15, 0.2) is 11.5 Å². The van der Waals surface area contributed by atoms with E-state index in [1.54, 1.807) is 13.2 Å². The molecule has 0 bridgehead atoms. The molecule has 0 aliphatic carbocycles. The maximum atomic E-state index is 9.89. The van der Waals surface area contributed by atoms with E-state index in [-0.39, 0.29) is 5.75 Å². The highest BCUT2D eigenvalue weighted by Crippen LogP contribution is 2.28. The summed E-state index contributed by atoms with van der Waals surface area (Å²) >= 11 is 0. The number of nitrogens with one attached hydrogen (secondary N) is 1. The van der Waals surface area contributed by atoms with E-state index in [4.69, 9.17) is 4.74 Å². The minimum absolute atomic E-state index is 0.277. The van der Waals surface area contributed by atoms with Gasteiger partial charge in [0.1, 0.15) is 6.54 Å². The van der Waals surface area contributed by atoms with Crippen molar-refractivity contribution in [2.24, 2.45) is 0 Å². The first-order valence-electron chi connectivity index (χ1n) is 5.41. The Labute approximate surface area is 91.3 Å². The van der Waals surface area contributed by atoms with Gasteiger partial charge in [-0.3, -0.25) is 0 Å². The van der Waals surface area contributed by atoms with E-state index in [1.807, 2.05) is 12.1 Å². The molecule has 0 saturated heterocycles. The lowest BCUT2D eigenvalue weighted by Gasteiger charge is -2.16. The summed E-state index contributed by atoms with van der Waals surface area (Å²) < 4.78 is 5.08. The van der Waals surface area contributed by atoms with Crippen molar-refractivity contribution in [3.05, 3.63) is 23.8 Å². The van der Waals surface area contributed by atoms with Gasteiger partial charge in [0.2, 0.25) is 0 Å². The van der Waals surface area contributed by atoms with Crippen LogP contribution in [-0.4, -0.2) is 25.3 Å². The largest absolute Gasteiger partial charge is 0.504 e. The van der Waals surface area contributed by atoms with E-state index in [0.29, 0.717) is 5.75 Å². The number of quaternary nitrogens is 1. The van der Waals surface area contributed by atoms with Crippen LogP contribution in [0.2, 0.25) is 0 Å². The summed E-state index contributed by atoms with van der Waals surface area (Å²) in [5, 5.41) is 9.89. The number of benzene rings is 1. The van der Waals surface area contributed by atoms with Gasteiger partial charge >= 0.3 is 0 Å². The summed E-state index contributed by atoms with van der Waals surface area (Å²) in [5.74, 6) is 0.832. The van der Waals surface area contributed by atoms with Gasteiger partial charge in [0.25, 0.3) is 0 Å². The molecule has 0 heterocycles. The Hall–Kier alpha value is -1.22. The molecule has 0 aliphatic rings. The van der Waals surface area contributed by atoms with Crippen LogP contribution in [0.15, 0.2) is 18.2 Å². The Bertz CT molecular complexity index is 308. The highest BCUT2D eigenvalue weighted by molar-refractivity contribution is 5.44. The molecule has 84 valence electrons. The summed E-state index contributed by atoms with van der Waals surface area (Å²) in [6, 6.07) is 5.64. The number of hydrogen-bond donors (Lipinski definition) is 2. The average molecular weight is 210 g/mol. The molecule has 15 heavy (non-hydrogen) atoms. The number of hydrogen-bond acceptors (Lipinski definition) is 2. The van der Waals surface area contributed by atoms with Crippen LogP contribution < -0.4 is 9.64 Å². The molecule has 0 atom stereocenters. The van der Waals surface area contributed by atoms with Gasteiger partial charge < -0.3 is 14.7 Å². The summed E-state index contributed by atoms with van der Waals surface area (Å²) in [7, 11) is 1.57. The number of phenolic OH excluding ortho intramolecular Hbond substituents is 1. The maximum absolute atomic E-state index is 9.89. The highest BCUT2D eigenvalue weighted by Gasteiger charge is 2.11. The molecule has 1 aromatic rings. The van der Waals surface area contributed by atoms with Crippen LogP contribution in [0.25, 0.3) is 0 Å². The van der Waals surface area contributed by atoms with Crippen molar-refractivity contribution >= 4 is 0 Å². The first kappa shape index (κ1) is 11.9. The molecule has 0 unspecified atom stereocenters. The third-order valence-electron chi connectivity index (χ3n) is 2.74. The maximum Gasteiger partial charge on any atom is 0.166 e. The predicted molar refractivity (Wildman–Crippen MR) is 60.4 cm³/mol. The van der Waals surface area contributed by atoms with Crippen LogP contribution in [0.3, 0.4) is 0 Å². The van der Waals surface area contributed by atoms with Crippen LogP contribution in [0.4, 0.5) is 0 Å². The van der Waals surface area contributed by atoms with Crippen LogP contribution in [0.1, 0.15) is 19.4 Å². The van der Waals surface area contributed by atoms with Gasteiger partial charge in [-0.15, -0.1) is 0 Å². The monoisotopic (exact) mass is 210 g/mol. The highest BCUT2D eigenvalue weighted by atomic mass is 16.5. The third kappa shape index (κ3) is 2.86. The minimum Gasteiger partial charge on any atom is -0.504 e. The SMILES string of the molecule is CC[NH+](CC)Cc1cccc(OC)c1O. The van der Waals surface area contributed by atoms with Gasteiger partial charge in [0.05, 0.1) is 25.8 Å². The molecule has 1 aromatic carbocycles. The lowest BCUT2D eigenvalue weighted by atomic mass is 10.1. The van der Waals surface area contributed by atoms with Crippen LogP contribution in [-0.2, 0) is 6.54 Å². The number of phenols is 1. The number of aromatic hydroxyl groups is 1. The Morgan fingerprint density at radius 1 is 1.27 bits per heavy atom. The van der Waals surface area contributed by atoms with Crippen LogP contribution in [0.5, 0.6) is 11.5 Å². The van der Waals surface area contributed by atoms with Crippen molar-refractivity contribution in [1.82, 2.24) is 0 Å². The van der Waals surface area contributed by atoms with Crippen molar-refractivity contribution in [2.75, 3.05) is 20.2 Å². The topological polar surface area (TPSA) is 33.9 Å². The van der Waals surface area contributed by atoms with Gasteiger partial charge in [-0.2, -0.15) is 0 Å². The summed E-state index contributed by atoms with van der Waals surface area (Å²) in [6.07, 6.45) is 0. The molecule has 0 spiro atoms. The smallest absolute Gasteiger partial charge is 0.166 e. The van der Waals surface area contributed by atoms with E-state index in [2.05, 4.69) is 13.8 Å². The zero-order valence-electron chi connectivity index (χ0n) is 9.71. The molecule has 1 rings (SSSR count). The van der Waals surface area contributed by atoms with Gasteiger partial charge in [-0.05, 0) is 26.0 Å². The molecule has 0 fully saturated rings. The molecule has 2 N–H and O–H groups in total. The predicted octanol–water partition coefficient (Wildman–Crippen LogP) is 0.825. The molecule has 0 aliphatic heterocycles. The Morgan fingerprint density at radius 3 is 2.47 bits per heavy atom. The second-order valence-corrected chi connectivity index (χ2v) is 3.60. The Balaban J connectivity index is 2.85. The standard InChI is InChI=1S/C12H19NO2/c1-4-13(5-2)9-10-7-6-8-11(15-3)12(10)14/h6-8,14H,4-5,9H2,1-3H3/p+1. The molecule has 3 heteroatoms. The molecular formula is C12H20NO2+. The third-order valence-corrected chi connectivity index (χ3v) is 2.74. The Kier molecular flexibility index (Phi) is 4.43. The Morgan fingerprint density at radius 2 is 1.93 bits per heavy atom. The van der Waals surface area contributed by atoms with Crippen molar-refractivity contribution in [3.63, 3.8) is 0 Å². The van der Waals surface area contributed by atoms with E-state index >= 15 is 0 Å². The van der Waals surface area contributed by atoms with Gasteiger partial charge in [-0.25, -0.2) is 0 Å². The molecule has 0 amide bonds. The normalized spacial score (nSPS) is 10.7. The molecule has 0 aromatic heterocycles. The molecule has 0 saturated carbocycles. The van der Waals surface area contributed by atoms with E-state index < -0.39 is 0 Å². The van der Waals surface area contributed by atoms with Gasteiger partial charge in [0, 0.05) is 0 Å². The molecule has 3 nitrogen and oxygen atoms in total. The number of methoxy groups -OCH3 is 1. The molecular weight excluding hydrogens is 190 g/mol.